The number of likely N-dealkylation sites (tertiary alicyclic amines) is 1. The fourth-order valence-corrected chi connectivity index (χ4v) is 3.95. The molecule has 1 aliphatic heterocycles. The van der Waals surface area contributed by atoms with Crippen molar-refractivity contribution in [3.05, 3.63) is 28.8 Å². The Morgan fingerprint density at radius 1 is 1.43 bits per heavy atom. The zero-order valence-corrected chi connectivity index (χ0v) is 14.6. The van der Waals surface area contributed by atoms with Crippen LogP contribution < -0.4 is 5.73 Å². The van der Waals surface area contributed by atoms with E-state index in [1.165, 1.54) is 10.3 Å². The van der Waals surface area contributed by atoms with E-state index >= 15 is 0 Å². The summed E-state index contributed by atoms with van der Waals surface area (Å²) >= 11 is 1.78. The van der Waals surface area contributed by atoms with Crippen molar-refractivity contribution in [3.8, 4) is 0 Å². The number of hydrogen-bond donors (Lipinski definition) is 1. The Morgan fingerprint density at radius 3 is 2.90 bits per heavy atom. The Balaban J connectivity index is 0.00000161. The molecule has 21 heavy (non-hydrogen) atoms. The number of nitrogens with zero attached hydrogens (tertiary/aromatic N) is 2. The molecule has 2 N–H and O–H groups in total. The van der Waals surface area contributed by atoms with Crippen LogP contribution in [0.2, 0.25) is 0 Å². The monoisotopic (exact) mass is 325 g/mol. The summed E-state index contributed by atoms with van der Waals surface area (Å²) in [5.74, 6) is 0. The molecule has 0 saturated carbocycles. The number of thiazole rings is 1. The molecular formula is C16H24ClN3S. The lowest BCUT2D eigenvalue weighted by Gasteiger charge is -2.42. The van der Waals surface area contributed by atoms with Gasteiger partial charge in [-0.25, -0.2) is 4.98 Å². The van der Waals surface area contributed by atoms with E-state index in [0.29, 0.717) is 6.04 Å². The maximum Gasteiger partial charge on any atom is 0.0907 e. The first kappa shape index (κ1) is 16.7. The van der Waals surface area contributed by atoms with E-state index in [1.54, 1.807) is 11.3 Å². The molecule has 0 spiro atoms. The van der Waals surface area contributed by atoms with Crippen LogP contribution in [0.1, 0.15) is 30.8 Å². The summed E-state index contributed by atoms with van der Waals surface area (Å²) in [5.41, 5.74) is 8.93. The minimum atomic E-state index is 0. The summed E-state index contributed by atoms with van der Waals surface area (Å²) in [6.07, 6.45) is 1.09. The molecular weight excluding hydrogens is 302 g/mol. The van der Waals surface area contributed by atoms with Gasteiger partial charge in [-0.2, -0.15) is 0 Å². The zero-order valence-electron chi connectivity index (χ0n) is 12.9. The van der Waals surface area contributed by atoms with Crippen molar-refractivity contribution in [2.75, 3.05) is 13.1 Å². The molecule has 0 amide bonds. The van der Waals surface area contributed by atoms with Crippen molar-refractivity contribution in [2.24, 2.45) is 11.1 Å². The Hall–Kier alpha value is -0.680. The number of fused-ring (bicyclic) bond motifs is 1. The average molecular weight is 326 g/mol. The van der Waals surface area contributed by atoms with Crippen molar-refractivity contribution in [1.29, 1.82) is 0 Å². The Morgan fingerprint density at radius 2 is 2.19 bits per heavy atom. The predicted molar refractivity (Wildman–Crippen MR) is 93.3 cm³/mol. The minimum absolute atomic E-state index is 0. The Bertz CT molecular complexity index is 623. The number of rotatable bonds is 2. The molecule has 116 valence electrons. The molecule has 0 radical (unpaired) electrons. The van der Waals surface area contributed by atoms with Crippen molar-refractivity contribution >= 4 is 34.0 Å². The van der Waals surface area contributed by atoms with Gasteiger partial charge in [0, 0.05) is 25.7 Å². The summed E-state index contributed by atoms with van der Waals surface area (Å²) < 4.78 is 1.30. The van der Waals surface area contributed by atoms with E-state index < -0.39 is 0 Å². The maximum absolute atomic E-state index is 6.21. The lowest BCUT2D eigenvalue weighted by Crippen LogP contribution is -2.52. The average Bonchev–Trinajstić information content (AvgIpc) is 2.73. The molecule has 1 saturated heterocycles. The third kappa shape index (κ3) is 3.57. The van der Waals surface area contributed by atoms with Crippen LogP contribution >= 0.6 is 23.7 Å². The van der Waals surface area contributed by atoms with Crippen LogP contribution in [-0.2, 0) is 6.54 Å². The van der Waals surface area contributed by atoms with E-state index in [4.69, 9.17) is 5.73 Å². The van der Waals surface area contributed by atoms with Crippen molar-refractivity contribution in [3.63, 3.8) is 0 Å². The molecule has 1 fully saturated rings. The minimum Gasteiger partial charge on any atom is -0.327 e. The van der Waals surface area contributed by atoms with Gasteiger partial charge in [-0.05, 0) is 36.5 Å². The van der Waals surface area contributed by atoms with Gasteiger partial charge in [-0.1, -0.05) is 19.9 Å². The van der Waals surface area contributed by atoms with Gasteiger partial charge < -0.3 is 5.73 Å². The Kier molecular flexibility index (Phi) is 4.93. The molecule has 3 rings (SSSR count). The summed E-state index contributed by atoms with van der Waals surface area (Å²) in [6.45, 7) is 9.82. The molecule has 1 aromatic carbocycles. The number of nitrogens with two attached hydrogens (primary N) is 1. The van der Waals surface area contributed by atoms with Crippen LogP contribution in [0.4, 0.5) is 0 Å². The van der Waals surface area contributed by atoms with Crippen LogP contribution in [0, 0.1) is 12.3 Å². The predicted octanol–water partition coefficient (Wildman–Crippen LogP) is 3.59. The van der Waals surface area contributed by atoms with Crippen LogP contribution in [0.3, 0.4) is 0 Å². The molecule has 1 atom stereocenters. The first-order valence-corrected chi connectivity index (χ1v) is 8.10. The van der Waals surface area contributed by atoms with Gasteiger partial charge >= 0.3 is 0 Å². The second kappa shape index (κ2) is 6.21. The second-order valence-electron chi connectivity index (χ2n) is 6.63. The van der Waals surface area contributed by atoms with Gasteiger partial charge in [0.15, 0.2) is 0 Å². The number of halogens is 1. The van der Waals surface area contributed by atoms with E-state index in [0.717, 1.165) is 36.6 Å². The topological polar surface area (TPSA) is 42.2 Å². The van der Waals surface area contributed by atoms with Crippen molar-refractivity contribution < 1.29 is 0 Å². The second-order valence-corrected chi connectivity index (χ2v) is 7.86. The number of benzene rings is 1. The van der Waals surface area contributed by atoms with E-state index in [-0.39, 0.29) is 17.8 Å². The third-order valence-electron chi connectivity index (χ3n) is 4.36. The molecule has 2 heterocycles. The SMILES string of the molecule is Cc1nc2ccc(CN3CCC(N)C(C)(C)C3)cc2s1.Cl. The highest BCUT2D eigenvalue weighted by molar-refractivity contribution is 7.18. The summed E-state index contributed by atoms with van der Waals surface area (Å²) in [6, 6.07) is 6.98. The maximum atomic E-state index is 6.21. The first-order chi connectivity index (χ1) is 9.44. The quantitative estimate of drug-likeness (QED) is 0.917. The highest BCUT2D eigenvalue weighted by Crippen LogP contribution is 2.29. The van der Waals surface area contributed by atoms with Crippen LogP contribution in [-0.4, -0.2) is 29.0 Å². The standard InChI is InChI=1S/C16H23N3S.ClH/c1-11-18-13-5-4-12(8-14(13)20-11)9-19-7-6-15(17)16(2,3)10-19;/h4-5,8,15H,6-7,9-10,17H2,1-3H3;1H. The molecule has 2 aromatic rings. The van der Waals surface area contributed by atoms with Gasteiger partial charge in [0.05, 0.1) is 15.2 Å². The number of piperidine rings is 1. The molecule has 3 nitrogen and oxygen atoms in total. The van der Waals surface area contributed by atoms with Gasteiger partial charge in [0.1, 0.15) is 0 Å². The normalized spacial score (nSPS) is 22.2. The van der Waals surface area contributed by atoms with Gasteiger partial charge in [-0.15, -0.1) is 23.7 Å². The zero-order chi connectivity index (χ0) is 14.3. The number of aryl methyl sites for hydroxylation is 1. The van der Waals surface area contributed by atoms with Crippen LogP contribution in [0.25, 0.3) is 10.2 Å². The molecule has 1 unspecified atom stereocenters. The highest BCUT2D eigenvalue weighted by Gasteiger charge is 2.33. The fraction of sp³-hybridized carbons (Fsp3) is 0.562. The molecule has 5 heteroatoms. The highest BCUT2D eigenvalue weighted by atomic mass is 35.5. The van der Waals surface area contributed by atoms with Gasteiger partial charge in [0.2, 0.25) is 0 Å². The Labute approximate surface area is 137 Å². The number of hydrogen-bond acceptors (Lipinski definition) is 4. The molecule has 0 bridgehead atoms. The van der Waals surface area contributed by atoms with Crippen molar-refractivity contribution in [2.45, 2.75) is 39.8 Å². The summed E-state index contributed by atoms with van der Waals surface area (Å²) in [5, 5.41) is 1.14. The fourth-order valence-electron chi connectivity index (χ4n) is 3.06. The summed E-state index contributed by atoms with van der Waals surface area (Å²) in [4.78, 5) is 7.05. The van der Waals surface area contributed by atoms with E-state index in [9.17, 15) is 0 Å². The molecule has 1 aromatic heterocycles. The van der Waals surface area contributed by atoms with Crippen LogP contribution in [0.5, 0.6) is 0 Å². The third-order valence-corrected chi connectivity index (χ3v) is 5.29. The summed E-state index contributed by atoms with van der Waals surface area (Å²) in [7, 11) is 0. The largest absolute Gasteiger partial charge is 0.327 e. The van der Waals surface area contributed by atoms with Gasteiger partial charge in [-0.3, -0.25) is 4.90 Å². The molecule has 0 aliphatic carbocycles. The smallest absolute Gasteiger partial charge is 0.0907 e. The molecule has 1 aliphatic rings. The number of aromatic nitrogens is 1. The van der Waals surface area contributed by atoms with Crippen LogP contribution in [0.15, 0.2) is 18.2 Å². The van der Waals surface area contributed by atoms with Gasteiger partial charge in [0.25, 0.3) is 0 Å². The van der Waals surface area contributed by atoms with E-state index in [2.05, 4.69) is 48.9 Å². The van der Waals surface area contributed by atoms with Crippen molar-refractivity contribution in [1.82, 2.24) is 9.88 Å². The first-order valence-electron chi connectivity index (χ1n) is 7.28. The lowest BCUT2D eigenvalue weighted by atomic mass is 9.79. The van der Waals surface area contributed by atoms with E-state index in [1.807, 2.05) is 0 Å². The lowest BCUT2D eigenvalue weighted by molar-refractivity contribution is 0.0899.